The first-order chi connectivity index (χ1) is 8.78. The van der Waals surface area contributed by atoms with Gasteiger partial charge in [0.1, 0.15) is 17.2 Å². The van der Waals surface area contributed by atoms with Crippen molar-refractivity contribution in [1.29, 1.82) is 0 Å². The van der Waals surface area contributed by atoms with Crippen LogP contribution in [0.5, 0.6) is 0 Å². The van der Waals surface area contributed by atoms with Crippen molar-refractivity contribution in [3.63, 3.8) is 0 Å². The number of rotatable bonds is 3. The Bertz CT molecular complexity index is 548. The van der Waals surface area contributed by atoms with Crippen LogP contribution in [-0.2, 0) is 0 Å². The smallest absolute Gasteiger partial charge is 0.134 e. The molecule has 2 unspecified atom stereocenters. The highest BCUT2D eigenvalue weighted by Gasteiger charge is 2.30. The largest absolute Gasteiger partial charge is 0.461 e. The molecule has 0 amide bonds. The second-order valence-electron chi connectivity index (χ2n) is 5.19. The van der Waals surface area contributed by atoms with Crippen molar-refractivity contribution in [2.45, 2.75) is 25.2 Å². The summed E-state index contributed by atoms with van der Waals surface area (Å²) in [4.78, 5) is 0. The van der Waals surface area contributed by atoms with Crippen LogP contribution in [0.25, 0.3) is 11.0 Å². The molecule has 0 bridgehead atoms. The summed E-state index contributed by atoms with van der Waals surface area (Å²) in [5.74, 6) is 1.94. The van der Waals surface area contributed by atoms with E-state index in [9.17, 15) is 4.39 Å². The third kappa shape index (κ3) is 2.03. The van der Waals surface area contributed by atoms with Crippen LogP contribution in [0.4, 0.5) is 4.39 Å². The summed E-state index contributed by atoms with van der Waals surface area (Å²) < 4.78 is 19.1. The molecule has 1 aliphatic rings. The normalized spacial score (nSPS) is 23.9. The monoisotopic (exact) mass is 247 g/mol. The molecular weight excluding hydrogens is 229 g/mol. The van der Waals surface area contributed by atoms with Gasteiger partial charge in [0.2, 0.25) is 0 Å². The lowest BCUT2D eigenvalue weighted by atomic mass is 9.93. The standard InChI is InChI=1S/C15H18FNO/c1-17-9-10-3-2-4-13(10)15-8-11-7-12(16)5-6-14(11)18-15/h5-8,10,13,17H,2-4,9H2,1H3. The van der Waals surface area contributed by atoms with Crippen molar-refractivity contribution >= 4 is 11.0 Å². The maximum Gasteiger partial charge on any atom is 0.134 e. The minimum Gasteiger partial charge on any atom is -0.461 e. The van der Waals surface area contributed by atoms with Gasteiger partial charge in [0.05, 0.1) is 0 Å². The third-order valence-corrected chi connectivity index (χ3v) is 3.99. The summed E-state index contributed by atoms with van der Waals surface area (Å²) in [6.45, 7) is 1.02. The zero-order chi connectivity index (χ0) is 12.5. The van der Waals surface area contributed by atoms with E-state index in [-0.39, 0.29) is 5.82 Å². The molecule has 96 valence electrons. The van der Waals surface area contributed by atoms with Crippen molar-refractivity contribution < 1.29 is 8.81 Å². The van der Waals surface area contributed by atoms with Crippen molar-refractivity contribution in [2.24, 2.45) is 5.92 Å². The molecule has 3 heteroatoms. The molecule has 0 radical (unpaired) electrons. The second-order valence-corrected chi connectivity index (χ2v) is 5.19. The molecule has 1 fully saturated rings. The SMILES string of the molecule is CNCC1CCCC1c1cc2cc(F)ccc2o1. The topological polar surface area (TPSA) is 25.2 Å². The molecule has 1 aromatic carbocycles. The quantitative estimate of drug-likeness (QED) is 0.895. The van der Waals surface area contributed by atoms with Crippen molar-refractivity contribution in [2.75, 3.05) is 13.6 Å². The van der Waals surface area contributed by atoms with Gasteiger partial charge < -0.3 is 9.73 Å². The number of halogens is 1. The molecule has 1 aromatic heterocycles. The van der Waals surface area contributed by atoms with Crippen LogP contribution in [0.2, 0.25) is 0 Å². The average Bonchev–Trinajstić information content (AvgIpc) is 2.94. The number of furan rings is 1. The fourth-order valence-electron chi connectivity index (χ4n) is 3.14. The highest BCUT2D eigenvalue weighted by molar-refractivity contribution is 5.78. The van der Waals surface area contributed by atoms with E-state index in [0.717, 1.165) is 23.3 Å². The fourth-order valence-corrected chi connectivity index (χ4v) is 3.14. The first kappa shape index (κ1) is 11.7. The van der Waals surface area contributed by atoms with E-state index in [2.05, 4.69) is 5.32 Å². The minimum atomic E-state index is -0.201. The molecule has 0 saturated heterocycles. The molecule has 2 nitrogen and oxygen atoms in total. The zero-order valence-electron chi connectivity index (χ0n) is 10.6. The summed E-state index contributed by atoms with van der Waals surface area (Å²) in [7, 11) is 1.99. The van der Waals surface area contributed by atoms with E-state index in [1.165, 1.54) is 25.3 Å². The van der Waals surface area contributed by atoms with Crippen LogP contribution in [0, 0.1) is 11.7 Å². The number of benzene rings is 1. The number of fused-ring (bicyclic) bond motifs is 1. The number of hydrogen-bond acceptors (Lipinski definition) is 2. The molecule has 1 N–H and O–H groups in total. The Morgan fingerprint density at radius 1 is 1.33 bits per heavy atom. The van der Waals surface area contributed by atoms with Crippen LogP contribution in [0.15, 0.2) is 28.7 Å². The van der Waals surface area contributed by atoms with Gasteiger partial charge in [-0.1, -0.05) is 6.42 Å². The van der Waals surface area contributed by atoms with Gasteiger partial charge in [-0.05, 0) is 56.6 Å². The Labute approximate surface area is 106 Å². The predicted molar refractivity (Wildman–Crippen MR) is 70.2 cm³/mol. The van der Waals surface area contributed by atoms with E-state index in [0.29, 0.717) is 11.8 Å². The van der Waals surface area contributed by atoms with Crippen molar-refractivity contribution in [1.82, 2.24) is 5.32 Å². The van der Waals surface area contributed by atoms with E-state index in [1.54, 1.807) is 12.1 Å². The molecule has 0 aliphatic heterocycles. The van der Waals surface area contributed by atoms with Crippen LogP contribution < -0.4 is 5.32 Å². The molecule has 1 aliphatic carbocycles. The number of nitrogens with one attached hydrogen (secondary N) is 1. The van der Waals surface area contributed by atoms with E-state index >= 15 is 0 Å². The minimum absolute atomic E-state index is 0.201. The zero-order valence-corrected chi connectivity index (χ0v) is 10.6. The van der Waals surface area contributed by atoms with Crippen LogP contribution >= 0.6 is 0 Å². The lowest BCUT2D eigenvalue weighted by molar-refractivity contribution is 0.399. The van der Waals surface area contributed by atoms with Gasteiger partial charge in [0.25, 0.3) is 0 Å². The van der Waals surface area contributed by atoms with Gasteiger partial charge in [0.15, 0.2) is 0 Å². The molecule has 0 spiro atoms. The Morgan fingerprint density at radius 3 is 3.06 bits per heavy atom. The van der Waals surface area contributed by atoms with E-state index in [4.69, 9.17) is 4.42 Å². The molecule has 1 saturated carbocycles. The van der Waals surface area contributed by atoms with Gasteiger partial charge in [-0.3, -0.25) is 0 Å². The maximum absolute atomic E-state index is 13.2. The molecular formula is C15H18FNO. The summed E-state index contributed by atoms with van der Waals surface area (Å²) >= 11 is 0. The highest BCUT2D eigenvalue weighted by Crippen LogP contribution is 2.41. The average molecular weight is 247 g/mol. The molecule has 18 heavy (non-hydrogen) atoms. The van der Waals surface area contributed by atoms with Crippen LogP contribution in [0.3, 0.4) is 0 Å². The fraction of sp³-hybridized carbons (Fsp3) is 0.467. The summed E-state index contributed by atoms with van der Waals surface area (Å²) in [6.07, 6.45) is 3.67. The summed E-state index contributed by atoms with van der Waals surface area (Å²) in [6, 6.07) is 6.73. The lowest BCUT2D eigenvalue weighted by Crippen LogP contribution is -2.20. The Balaban J connectivity index is 1.93. The van der Waals surface area contributed by atoms with Crippen LogP contribution in [0.1, 0.15) is 30.9 Å². The third-order valence-electron chi connectivity index (χ3n) is 3.99. The maximum atomic E-state index is 13.2. The van der Waals surface area contributed by atoms with Gasteiger partial charge in [-0.15, -0.1) is 0 Å². The summed E-state index contributed by atoms with van der Waals surface area (Å²) in [5.41, 5.74) is 0.793. The van der Waals surface area contributed by atoms with Gasteiger partial charge in [-0.25, -0.2) is 4.39 Å². The van der Waals surface area contributed by atoms with Crippen LogP contribution in [-0.4, -0.2) is 13.6 Å². The first-order valence-electron chi connectivity index (χ1n) is 6.61. The van der Waals surface area contributed by atoms with Gasteiger partial charge >= 0.3 is 0 Å². The Morgan fingerprint density at radius 2 is 2.22 bits per heavy atom. The second kappa shape index (κ2) is 4.73. The first-order valence-corrected chi connectivity index (χ1v) is 6.61. The molecule has 3 rings (SSSR count). The van der Waals surface area contributed by atoms with Gasteiger partial charge in [-0.2, -0.15) is 0 Å². The Hall–Kier alpha value is -1.35. The van der Waals surface area contributed by atoms with E-state index in [1.807, 2.05) is 13.1 Å². The predicted octanol–water partition coefficient (Wildman–Crippen LogP) is 3.68. The molecule has 2 atom stereocenters. The lowest BCUT2D eigenvalue weighted by Gasteiger charge is -2.16. The molecule has 2 aromatic rings. The van der Waals surface area contributed by atoms with E-state index < -0.39 is 0 Å². The summed E-state index contributed by atoms with van der Waals surface area (Å²) in [5, 5.41) is 4.13. The van der Waals surface area contributed by atoms with Gasteiger partial charge in [0, 0.05) is 11.3 Å². The Kier molecular flexibility index (Phi) is 3.08. The molecule has 1 heterocycles. The number of hydrogen-bond donors (Lipinski definition) is 1. The van der Waals surface area contributed by atoms with Crippen molar-refractivity contribution in [3.05, 3.63) is 35.8 Å². The highest BCUT2D eigenvalue weighted by atomic mass is 19.1. The van der Waals surface area contributed by atoms with Crippen molar-refractivity contribution in [3.8, 4) is 0 Å².